The van der Waals surface area contributed by atoms with Crippen LogP contribution in [-0.2, 0) is 25.4 Å². The summed E-state index contributed by atoms with van der Waals surface area (Å²) in [7, 11) is 1.84. The number of carbonyl (C=O) groups excluding carboxylic acids is 1. The fraction of sp³-hybridized carbons (Fsp3) is 0.619. The molecule has 1 N–H and O–H groups in total. The molecule has 0 spiro atoms. The summed E-state index contributed by atoms with van der Waals surface area (Å²) in [6.45, 7) is 9.62. The second kappa shape index (κ2) is 7.28. The highest BCUT2D eigenvalue weighted by atomic mass is 16.2. The van der Waals surface area contributed by atoms with Crippen LogP contribution in [0.15, 0.2) is 12.3 Å². The molecule has 0 saturated carbocycles. The zero-order valence-corrected chi connectivity index (χ0v) is 17.3. The molecular formula is C21H30N6O. The van der Waals surface area contributed by atoms with E-state index in [2.05, 4.69) is 36.2 Å². The predicted molar refractivity (Wildman–Crippen MR) is 107 cm³/mol. The molecule has 7 heteroatoms. The molecule has 150 valence electrons. The van der Waals surface area contributed by atoms with Crippen LogP contribution in [0.1, 0.15) is 72.8 Å². The van der Waals surface area contributed by atoms with E-state index in [0.717, 1.165) is 48.7 Å². The molecule has 0 aromatic carbocycles. The SMILES string of the molecule is Cn1nc(C(C)(C)C)cc1C(=O)N1CCc2nc(C3CCCNC3)ncc2C1. The third-order valence-electron chi connectivity index (χ3n) is 5.77. The Morgan fingerprint density at radius 2 is 2.14 bits per heavy atom. The van der Waals surface area contributed by atoms with Gasteiger partial charge < -0.3 is 10.2 Å². The summed E-state index contributed by atoms with van der Waals surface area (Å²) in [5.74, 6) is 1.38. The van der Waals surface area contributed by atoms with Crippen LogP contribution in [0, 0.1) is 0 Å². The highest BCUT2D eigenvalue weighted by Crippen LogP contribution is 2.25. The Labute approximate surface area is 166 Å². The van der Waals surface area contributed by atoms with Gasteiger partial charge in [-0.3, -0.25) is 9.48 Å². The molecule has 4 heterocycles. The van der Waals surface area contributed by atoms with Crippen LogP contribution in [-0.4, -0.2) is 50.2 Å². The standard InChI is InChI=1S/C21H30N6O/c1-21(2,3)18-10-17(26(4)25-18)20(28)27-9-7-16-15(13-27)12-23-19(24-16)14-6-5-8-22-11-14/h10,12,14,22H,5-9,11,13H2,1-4H3. The zero-order valence-electron chi connectivity index (χ0n) is 17.3. The van der Waals surface area contributed by atoms with Crippen molar-refractivity contribution in [2.75, 3.05) is 19.6 Å². The van der Waals surface area contributed by atoms with E-state index in [0.29, 0.717) is 24.7 Å². The number of piperidine rings is 1. The zero-order chi connectivity index (χ0) is 19.9. The maximum Gasteiger partial charge on any atom is 0.272 e. The number of aromatic nitrogens is 4. The van der Waals surface area contributed by atoms with E-state index < -0.39 is 0 Å². The summed E-state index contributed by atoms with van der Waals surface area (Å²) in [6, 6.07) is 1.92. The molecule has 0 aliphatic carbocycles. The lowest BCUT2D eigenvalue weighted by Gasteiger charge is -2.29. The van der Waals surface area contributed by atoms with Crippen LogP contribution in [0.25, 0.3) is 0 Å². The van der Waals surface area contributed by atoms with Crippen LogP contribution in [0.3, 0.4) is 0 Å². The van der Waals surface area contributed by atoms with E-state index in [-0.39, 0.29) is 11.3 Å². The first-order valence-corrected chi connectivity index (χ1v) is 10.2. The first kappa shape index (κ1) is 19.1. The Kier molecular flexibility index (Phi) is 4.95. The van der Waals surface area contributed by atoms with E-state index in [1.54, 1.807) is 4.68 Å². The molecular weight excluding hydrogens is 352 g/mol. The first-order chi connectivity index (χ1) is 13.3. The van der Waals surface area contributed by atoms with Gasteiger partial charge in [-0.2, -0.15) is 5.10 Å². The third kappa shape index (κ3) is 3.68. The Balaban J connectivity index is 1.51. The molecule has 2 aliphatic heterocycles. The minimum Gasteiger partial charge on any atom is -0.332 e. The lowest BCUT2D eigenvalue weighted by molar-refractivity contribution is 0.0722. The van der Waals surface area contributed by atoms with Crippen LogP contribution >= 0.6 is 0 Å². The first-order valence-electron chi connectivity index (χ1n) is 10.2. The van der Waals surface area contributed by atoms with E-state index in [1.807, 2.05) is 24.2 Å². The molecule has 1 fully saturated rings. The van der Waals surface area contributed by atoms with Crippen LogP contribution in [0.5, 0.6) is 0 Å². The number of rotatable bonds is 2. The molecule has 1 amide bonds. The van der Waals surface area contributed by atoms with Crippen molar-refractivity contribution in [3.63, 3.8) is 0 Å². The lowest BCUT2D eigenvalue weighted by atomic mass is 9.92. The Bertz CT molecular complexity index is 876. The number of fused-ring (bicyclic) bond motifs is 1. The summed E-state index contributed by atoms with van der Waals surface area (Å²) in [4.78, 5) is 24.5. The molecule has 1 atom stereocenters. The van der Waals surface area contributed by atoms with Crippen LogP contribution in [0.4, 0.5) is 0 Å². The number of nitrogens with zero attached hydrogens (tertiary/aromatic N) is 5. The third-order valence-corrected chi connectivity index (χ3v) is 5.77. The average Bonchev–Trinajstić information content (AvgIpc) is 3.09. The van der Waals surface area contributed by atoms with E-state index in [9.17, 15) is 4.79 Å². The number of aryl methyl sites for hydroxylation is 1. The van der Waals surface area contributed by atoms with Crippen molar-refractivity contribution < 1.29 is 4.79 Å². The van der Waals surface area contributed by atoms with Gasteiger partial charge in [0.25, 0.3) is 5.91 Å². The quantitative estimate of drug-likeness (QED) is 0.862. The van der Waals surface area contributed by atoms with Gasteiger partial charge in [0.05, 0.1) is 11.4 Å². The van der Waals surface area contributed by atoms with Crippen molar-refractivity contribution in [1.29, 1.82) is 0 Å². The topological polar surface area (TPSA) is 75.9 Å². The maximum absolute atomic E-state index is 13.1. The number of nitrogens with one attached hydrogen (secondary N) is 1. The van der Waals surface area contributed by atoms with Gasteiger partial charge in [0.1, 0.15) is 11.5 Å². The fourth-order valence-electron chi connectivity index (χ4n) is 3.97. The van der Waals surface area contributed by atoms with E-state index in [1.165, 1.54) is 6.42 Å². The summed E-state index contributed by atoms with van der Waals surface area (Å²) >= 11 is 0. The van der Waals surface area contributed by atoms with Gasteiger partial charge in [0.2, 0.25) is 0 Å². The van der Waals surface area contributed by atoms with Crippen molar-refractivity contribution in [1.82, 2.24) is 30.0 Å². The molecule has 2 aliphatic rings. The molecule has 1 saturated heterocycles. The minimum atomic E-state index is -0.0804. The molecule has 2 aromatic rings. The summed E-state index contributed by atoms with van der Waals surface area (Å²) < 4.78 is 1.70. The maximum atomic E-state index is 13.1. The van der Waals surface area contributed by atoms with Crippen LogP contribution in [0.2, 0.25) is 0 Å². The van der Waals surface area contributed by atoms with Crippen molar-refractivity contribution >= 4 is 5.91 Å². The molecule has 28 heavy (non-hydrogen) atoms. The van der Waals surface area contributed by atoms with Gasteiger partial charge in [0, 0.05) is 56.2 Å². The van der Waals surface area contributed by atoms with Gasteiger partial charge >= 0.3 is 0 Å². The Morgan fingerprint density at radius 1 is 1.32 bits per heavy atom. The lowest BCUT2D eigenvalue weighted by Crippen LogP contribution is -2.38. The molecule has 4 rings (SSSR count). The molecule has 2 aromatic heterocycles. The minimum absolute atomic E-state index is 0.0247. The Hall–Kier alpha value is -2.28. The van der Waals surface area contributed by atoms with Crippen molar-refractivity contribution in [3.05, 3.63) is 40.7 Å². The molecule has 1 unspecified atom stereocenters. The van der Waals surface area contributed by atoms with Gasteiger partial charge in [-0.1, -0.05) is 20.8 Å². The predicted octanol–water partition coefficient (Wildman–Crippen LogP) is 2.17. The van der Waals surface area contributed by atoms with E-state index >= 15 is 0 Å². The number of carbonyl (C=O) groups is 1. The van der Waals surface area contributed by atoms with Gasteiger partial charge in [-0.15, -0.1) is 0 Å². The molecule has 7 nitrogen and oxygen atoms in total. The second-order valence-electron chi connectivity index (χ2n) is 9.01. The molecule has 0 radical (unpaired) electrons. The summed E-state index contributed by atoms with van der Waals surface area (Å²) in [6.07, 6.45) is 5.03. The smallest absolute Gasteiger partial charge is 0.272 e. The van der Waals surface area contributed by atoms with Crippen molar-refractivity contribution in [2.45, 2.75) is 57.9 Å². The molecule has 0 bridgehead atoms. The highest BCUT2D eigenvalue weighted by Gasteiger charge is 2.28. The van der Waals surface area contributed by atoms with Gasteiger partial charge in [0.15, 0.2) is 0 Å². The van der Waals surface area contributed by atoms with Gasteiger partial charge in [-0.25, -0.2) is 9.97 Å². The number of hydrogen-bond donors (Lipinski definition) is 1. The van der Waals surface area contributed by atoms with Crippen molar-refractivity contribution in [2.24, 2.45) is 7.05 Å². The number of hydrogen-bond acceptors (Lipinski definition) is 5. The second-order valence-corrected chi connectivity index (χ2v) is 9.01. The van der Waals surface area contributed by atoms with Crippen LogP contribution < -0.4 is 5.32 Å². The summed E-state index contributed by atoms with van der Waals surface area (Å²) in [5.41, 5.74) is 3.65. The van der Waals surface area contributed by atoms with Gasteiger partial charge in [-0.05, 0) is 25.5 Å². The average molecular weight is 383 g/mol. The Morgan fingerprint density at radius 3 is 2.82 bits per heavy atom. The largest absolute Gasteiger partial charge is 0.332 e. The highest BCUT2D eigenvalue weighted by molar-refractivity contribution is 5.92. The van der Waals surface area contributed by atoms with Crippen molar-refractivity contribution in [3.8, 4) is 0 Å². The monoisotopic (exact) mass is 382 g/mol. The summed E-state index contributed by atoms with van der Waals surface area (Å²) in [5, 5.41) is 7.97. The normalized spacial score (nSPS) is 20.1. The number of amides is 1. The fourth-order valence-corrected chi connectivity index (χ4v) is 3.97. The van der Waals surface area contributed by atoms with E-state index in [4.69, 9.17) is 4.98 Å².